The lowest BCUT2D eigenvalue weighted by Crippen LogP contribution is -2.36. The van der Waals surface area contributed by atoms with Gasteiger partial charge in [0.05, 0.1) is 6.10 Å². The van der Waals surface area contributed by atoms with Crippen molar-refractivity contribution in [3.8, 4) is 0 Å². The van der Waals surface area contributed by atoms with Crippen molar-refractivity contribution in [1.82, 2.24) is 9.88 Å². The lowest BCUT2D eigenvalue weighted by molar-refractivity contribution is 0.0810. The highest BCUT2D eigenvalue weighted by atomic mass is 16.3. The number of rotatable bonds is 7. The predicted octanol–water partition coefficient (Wildman–Crippen LogP) is 1.75. The Morgan fingerprint density at radius 3 is 2.40 bits per heavy atom. The quantitative estimate of drug-likeness (QED) is 0.748. The highest BCUT2D eigenvalue weighted by molar-refractivity contribution is 5.99. The minimum atomic E-state index is -0.540. The number of Topliss-reactive ketones (excluding diaryl/α,β-unsaturated/α-hetero) is 1. The van der Waals surface area contributed by atoms with E-state index < -0.39 is 6.10 Å². The molecule has 112 valence electrons. The molecule has 0 fully saturated rings. The van der Waals surface area contributed by atoms with Gasteiger partial charge in [0, 0.05) is 25.4 Å². The van der Waals surface area contributed by atoms with E-state index in [4.69, 9.17) is 0 Å². The number of carbonyl (C=O) groups is 2. The van der Waals surface area contributed by atoms with Crippen LogP contribution in [0.1, 0.15) is 54.5 Å². The Labute approximate surface area is 120 Å². The summed E-state index contributed by atoms with van der Waals surface area (Å²) in [5.41, 5.74) is 0.935. The zero-order chi connectivity index (χ0) is 15.3. The van der Waals surface area contributed by atoms with Crippen LogP contribution < -0.4 is 5.32 Å². The first kappa shape index (κ1) is 16.4. The lowest BCUT2D eigenvalue weighted by Gasteiger charge is -2.20. The number of amides is 1. The molecule has 5 nitrogen and oxygen atoms in total. The number of hydrogen-bond acceptors (Lipinski definition) is 3. The maximum atomic E-state index is 12.1. The van der Waals surface area contributed by atoms with Crippen molar-refractivity contribution in [2.45, 2.75) is 39.7 Å². The normalized spacial score (nSPS) is 12.5. The van der Waals surface area contributed by atoms with Crippen LogP contribution in [0.3, 0.4) is 0 Å². The average Bonchev–Trinajstić information content (AvgIpc) is 2.80. The second-order valence-electron chi connectivity index (χ2n) is 5.14. The van der Waals surface area contributed by atoms with E-state index in [9.17, 15) is 14.7 Å². The summed E-state index contributed by atoms with van der Waals surface area (Å²) in [4.78, 5) is 23.3. The molecule has 0 aliphatic rings. The number of aryl methyl sites for hydroxylation is 1. The fourth-order valence-electron chi connectivity index (χ4n) is 2.27. The van der Waals surface area contributed by atoms with Gasteiger partial charge >= 0.3 is 0 Å². The maximum Gasteiger partial charge on any atom is 0.268 e. The van der Waals surface area contributed by atoms with Crippen LogP contribution in [0.4, 0.5) is 0 Å². The van der Waals surface area contributed by atoms with Crippen LogP contribution in [0.2, 0.25) is 0 Å². The molecule has 0 spiro atoms. The Kier molecular flexibility index (Phi) is 5.95. The molecule has 0 saturated carbocycles. The predicted molar refractivity (Wildman–Crippen MR) is 77.8 cm³/mol. The van der Waals surface area contributed by atoms with E-state index >= 15 is 0 Å². The zero-order valence-corrected chi connectivity index (χ0v) is 12.6. The Morgan fingerprint density at radius 2 is 1.95 bits per heavy atom. The fourth-order valence-corrected chi connectivity index (χ4v) is 2.27. The van der Waals surface area contributed by atoms with Crippen LogP contribution in [-0.2, 0) is 7.05 Å². The van der Waals surface area contributed by atoms with E-state index in [1.165, 1.54) is 6.92 Å². The van der Waals surface area contributed by atoms with Gasteiger partial charge in [-0.2, -0.15) is 0 Å². The third-order valence-electron chi connectivity index (χ3n) is 3.71. The minimum absolute atomic E-state index is 0.0725. The van der Waals surface area contributed by atoms with Gasteiger partial charge in [0.15, 0.2) is 5.78 Å². The number of ketones is 1. The van der Waals surface area contributed by atoms with Crippen molar-refractivity contribution in [2.24, 2.45) is 13.0 Å². The largest absolute Gasteiger partial charge is 0.391 e. The number of aliphatic hydroxyl groups excluding tert-OH is 1. The van der Waals surface area contributed by atoms with E-state index in [0.717, 1.165) is 12.8 Å². The average molecular weight is 280 g/mol. The smallest absolute Gasteiger partial charge is 0.268 e. The first-order valence-electron chi connectivity index (χ1n) is 7.04. The zero-order valence-electron chi connectivity index (χ0n) is 12.6. The van der Waals surface area contributed by atoms with Gasteiger partial charge in [-0.1, -0.05) is 26.7 Å². The summed E-state index contributed by atoms with van der Waals surface area (Å²) in [5, 5.41) is 12.7. The van der Waals surface area contributed by atoms with Crippen LogP contribution in [0.5, 0.6) is 0 Å². The molecule has 1 unspecified atom stereocenters. The Morgan fingerprint density at radius 1 is 1.35 bits per heavy atom. The molecule has 5 heteroatoms. The Balaban J connectivity index is 2.65. The SMILES string of the molecule is CCC(CC)C(O)CNC(=O)c1cc(C(C)=O)cn1C. The molecular formula is C15H24N2O3. The van der Waals surface area contributed by atoms with E-state index in [0.29, 0.717) is 11.3 Å². The van der Waals surface area contributed by atoms with E-state index in [1.807, 2.05) is 13.8 Å². The summed E-state index contributed by atoms with van der Waals surface area (Å²) in [6.07, 6.45) is 2.86. The van der Waals surface area contributed by atoms with E-state index in [2.05, 4.69) is 5.32 Å². The van der Waals surface area contributed by atoms with Crippen LogP contribution in [-0.4, -0.2) is 34.0 Å². The van der Waals surface area contributed by atoms with Crippen molar-refractivity contribution in [3.05, 3.63) is 23.5 Å². The molecule has 20 heavy (non-hydrogen) atoms. The van der Waals surface area contributed by atoms with Crippen molar-refractivity contribution in [1.29, 1.82) is 0 Å². The van der Waals surface area contributed by atoms with Crippen LogP contribution in [0.15, 0.2) is 12.3 Å². The molecule has 0 saturated heterocycles. The third-order valence-corrected chi connectivity index (χ3v) is 3.71. The minimum Gasteiger partial charge on any atom is -0.391 e. The van der Waals surface area contributed by atoms with Crippen molar-refractivity contribution < 1.29 is 14.7 Å². The number of hydrogen-bond donors (Lipinski definition) is 2. The number of nitrogens with zero attached hydrogens (tertiary/aromatic N) is 1. The summed E-state index contributed by atoms with van der Waals surface area (Å²) in [6.45, 7) is 5.74. The van der Waals surface area contributed by atoms with Gasteiger partial charge in [0.2, 0.25) is 0 Å². The molecule has 0 aromatic carbocycles. The molecule has 2 N–H and O–H groups in total. The first-order valence-corrected chi connectivity index (χ1v) is 7.04. The van der Waals surface area contributed by atoms with Gasteiger partial charge in [-0.05, 0) is 18.9 Å². The molecule has 0 bridgehead atoms. The summed E-state index contributed by atoms with van der Waals surface area (Å²) in [6, 6.07) is 1.57. The Bertz CT molecular complexity index is 475. The topological polar surface area (TPSA) is 71.3 Å². The maximum absolute atomic E-state index is 12.1. The Hall–Kier alpha value is -1.62. The number of aliphatic hydroxyl groups is 1. The number of aromatic nitrogens is 1. The van der Waals surface area contributed by atoms with Gasteiger partial charge in [-0.25, -0.2) is 0 Å². The summed E-state index contributed by atoms with van der Waals surface area (Å²) in [7, 11) is 1.72. The molecule has 0 radical (unpaired) electrons. The molecule has 1 heterocycles. The van der Waals surface area contributed by atoms with Crippen LogP contribution in [0, 0.1) is 5.92 Å². The third kappa shape index (κ3) is 3.93. The van der Waals surface area contributed by atoms with Gasteiger partial charge in [0.25, 0.3) is 5.91 Å². The number of nitrogens with one attached hydrogen (secondary N) is 1. The monoisotopic (exact) mass is 280 g/mol. The molecule has 0 aliphatic heterocycles. The lowest BCUT2D eigenvalue weighted by atomic mass is 9.96. The molecular weight excluding hydrogens is 256 g/mol. The molecule has 1 aromatic rings. The molecule has 1 rings (SSSR count). The van der Waals surface area contributed by atoms with Crippen LogP contribution in [0.25, 0.3) is 0 Å². The summed E-state index contributed by atoms with van der Waals surface area (Å²) in [5.74, 6) is -0.154. The van der Waals surface area contributed by atoms with Gasteiger partial charge in [-0.15, -0.1) is 0 Å². The van der Waals surface area contributed by atoms with Crippen molar-refractivity contribution in [2.75, 3.05) is 6.54 Å². The van der Waals surface area contributed by atoms with Gasteiger partial charge in [0.1, 0.15) is 5.69 Å². The van der Waals surface area contributed by atoms with Crippen molar-refractivity contribution in [3.63, 3.8) is 0 Å². The molecule has 0 aliphatic carbocycles. The van der Waals surface area contributed by atoms with E-state index in [1.54, 1.807) is 23.9 Å². The van der Waals surface area contributed by atoms with Crippen LogP contribution >= 0.6 is 0 Å². The second-order valence-corrected chi connectivity index (χ2v) is 5.14. The molecule has 1 amide bonds. The van der Waals surface area contributed by atoms with Gasteiger partial charge < -0.3 is 15.0 Å². The second kappa shape index (κ2) is 7.24. The fraction of sp³-hybridized carbons (Fsp3) is 0.600. The summed E-state index contributed by atoms with van der Waals surface area (Å²) < 4.78 is 1.62. The number of carbonyl (C=O) groups excluding carboxylic acids is 2. The van der Waals surface area contributed by atoms with Crippen molar-refractivity contribution >= 4 is 11.7 Å². The highest BCUT2D eigenvalue weighted by Crippen LogP contribution is 2.13. The molecule has 1 atom stereocenters. The molecule has 1 aromatic heterocycles. The van der Waals surface area contributed by atoms with E-state index in [-0.39, 0.29) is 24.2 Å². The van der Waals surface area contributed by atoms with Gasteiger partial charge in [-0.3, -0.25) is 9.59 Å². The summed E-state index contributed by atoms with van der Waals surface area (Å²) >= 11 is 0. The first-order chi connectivity index (χ1) is 9.40. The highest BCUT2D eigenvalue weighted by Gasteiger charge is 2.18. The standard InChI is InChI=1S/C15H24N2O3/c1-5-11(6-2)14(19)8-16-15(20)13-7-12(10(3)18)9-17(13)4/h7,9,11,14,19H,5-6,8H2,1-4H3,(H,16,20).